The molecule has 0 aliphatic heterocycles. The first-order valence-corrected chi connectivity index (χ1v) is 2.78. The predicted molar refractivity (Wildman–Crippen MR) is 35.8 cm³/mol. The second kappa shape index (κ2) is 4.22. The van der Waals surface area contributed by atoms with E-state index in [2.05, 4.69) is 9.24 Å². The van der Waals surface area contributed by atoms with Gasteiger partial charge in [0.1, 0.15) is 0 Å². The molecule has 0 heterocycles. The Morgan fingerprint density at radius 2 is 1.50 bits per heavy atom. The Balaban J connectivity index is 0.000000490. The van der Waals surface area contributed by atoms with Gasteiger partial charge in [0, 0.05) is 20.4 Å². The van der Waals surface area contributed by atoms with E-state index < -0.39 is 0 Å². The first kappa shape index (κ1) is 8.31. The second-order valence-electron chi connectivity index (χ2n) is 1.41. The zero-order valence-electron chi connectivity index (χ0n) is 4.28. The van der Waals surface area contributed by atoms with E-state index in [1.165, 1.54) is 5.30 Å². The fourth-order valence-electron chi connectivity index (χ4n) is 0.453. The third-order valence-electron chi connectivity index (χ3n) is 0.800. The van der Waals surface area contributed by atoms with E-state index in [4.69, 9.17) is 0 Å². The molecule has 0 saturated carbocycles. The molecule has 0 radical (unpaired) electrons. The fourth-order valence-corrected chi connectivity index (χ4v) is 0.675. The van der Waals surface area contributed by atoms with Gasteiger partial charge in [-0.05, 0) is 5.30 Å². The van der Waals surface area contributed by atoms with E-state index in [0.717, 1.165) is 0 Å². The molecule has 1 aromatic carbocycles. The third kappa shape index (κ3) is 2.58. The largest absolute Gasteiger partial charge is 0.106 e. The number of hydrogen-bond donors (Lipinski definition) is 0. The molecule has 0 aromatic heterocycles. The van der Waals surface area contributed by atoms with Crippen molar-refractivity contribution >= 4 is 14.5 Å². The van der Waals surface area contributed by atoms with Gasteiger partial charge in [-0.1, -0.05) is 30.3 Å². The minimum atomic E-state index is 0. The van der Waals surface area contributed by atoms with Gasteiger partial charge >= 0.3 is 0 Å². The third-order valence-corrected chi connectivity index (χ3v) is 1.18. The van der Waals surface area contributed by atoms with Crippen molar-refractivity contribution in [3.63, 3.8) is 0 Å². The molecule has 0 saturated heterocycles. The van der Waals surface area contributed by atoms with E-state index >= 15 is 0 Å². The van der Waals surface area contributed by atoms with E-state index in [-0.39, 0.29) is 20.4 Å². The van der Waals surface area contributed by atoms with Gasteiger partial charge < -0.3 is 0 Å². The van der Waals surface area contributed by atoms with Gasteiger partial charge in [-0.3, -0.25) is 0 Å². The summed E-state index contributed by atoms with van der Waals surface area (Å²) in [6.45, 7) is 0. The van der Waals surface area contributed by atoms with Crippen LogP contribution in [0.25, 0.3) is 0 Å². The second-order valence-corrected chi connectivity index (χ2v) is 2.08. The first-order valence-electron chi connectivity index (χ1n) is 2.20. The van der Waals surface area contributed by atoms with Crippen LogP contribution in [0.5, 0.6) is 0 Å². The molecule has 0 amide bonds. The summed E-state index contributed by atoms with van der Waals surface area (Å²) in [4.78, 5) is 0. The molecule has 0 N–H and O–H groups in total. The van der Waals surface area contributed by atoms with E-state index in [0.29, 0.717) is 0 Å². The van der Waals surface area contributed by atoms with Gasteiger partial charge in [0.05, 0.1) is 0 Å². The smallest absolute Gasteiger partial charge is 0 e. The quantitative estimate of drug-likeness (QED) is 0.451. The average molecular weight is 217 g/mol. The zero-order valence-corrected chi connectivity index (χ0v) is 6.99. The SMILES string of the molecule is Pc1ccccc1.[Pd]. The van der Waals surface area contributed by atoms with Crippen molar-refractivity contribution in [2.45, 2.75) is 0 Å². The normalized spacial score (nSPS) is 7.62. The summed E-state index contributed by atoms with van der Waals surface area (Å²) in [5, 5.41) is 1.24. The first-order chi connectivity index (χ1) is 3.39. The number of hydrogen-bond acceptors (Lipinski definition) is 0. The van der Waals surface area contributed by atoms with Crippen LogP contribution in [0.15, 0.2) is 30.3 Å². The molecule has 0 bridgehead atoms. The van der Waals surface area contributed by atoms with Crippen molar-refractivity contribution < 1.29 is 20.4 Å². The van der Waals surface area contributed by atoms with Gasteiger partial charge in [0.2, 0.25) is 0 Å². The van der Waals surface area contributed by atoms with E-state index in [9.17, 15) is 0 Å². The Morgan fingerprint density at radius 1 is 1.00 bits per heavy atom. The van der Waals surface area contributed by atoms with Crippen molar-refractivity contribution in [3.8, 4) is 0 Å². The Labute approximate surface area is 65.5 Å². The van der Waals surface area contributed by atoms with Crippen LogP contribution in [0, 0.1) is 0 Å². The molecular formula is C6H7PPd. The molecule has 0 nitrogen and oxygen atoms in total. The van der Waals surface area contributed by atoms with Gasteiger partial charge in [-0.2, -0.15) is 0 Å². The average Bonchev–Trinajstić information content (AvgIpc) is 1.69. The van der Waals surface area contributed by atoms with Crippen molar-refractivity contribution in [2.75, 3.05) is 0 Å². The summed E-state index contributed by atoms with van der Waals surface area (Å²) in [5.41, 5.74) is 0. The van der Waals surface area contributed by atoms with Crippen LogP contribution in [-0.2, 0) is 20.4 Å². The van der Waals surface area contributed by atoms with Crippen molar-refractivity contribution in [1.82, 2.24) is 0 Å². The number of benzene rings is 1. The summed E-state index contributed by atoms with van der Waals surface area (Å²) >= 11 is 0. The summed E-state index contributed by atoms with van der Waals surface area (Å²) in [6, 6.07) is 10.1. The molecule has 0 fully saturated rings. The Bertz CT molecular complexity index is 138. The standard InChI is InChI=1S/C6H7P.Pd/c7-6-4-2-1-3-5-6;/h1-5H,7H2;. The minimum absolute atomic E-state index is 0. The number of rotatable bonds is 0. The summed E-state index contributed by atoms with van der Waals surface area (Å²) in [5.74, 6) is 0. The predicted octanol–water partition coefficient (Wildman–Crippen LogP) is 1.18. The van der Waals surface area contributed by atoms with Crippen LogP contribution in [0.4, 0.5) is 0 Å². The molecule has 1 rings (SSSR count). The molecule has 1 atom stereocenters. The molecule has 1 aromatic rings. The topological polar surface area (TPSA) is 0 Å². The molecular weight excluding hydrogens is 209 g/mol. The zero-order chi connectivity index (χ0) is 5.11. The van der Waals surface area contributed by atoms with Gasteiger partial charge in [-0.25, -0.2) is 0 Å². The maximum Gasteiger partial charge on any atom is 0 e. The van der Waals surface area contributed by atoms with Crippen LogP contribution in [-0.4, -0.2) is 0 Å². The van der Waals surface area contributed by atoms with Crippen LogP contribution < -0.4 is 5.30 Å². The minimum Gasteiger partial charge on any atom is -0.106 e. The maximum absolute atomic E-state index is 2.63. The summed E-state index contributed by atoms with van der Waals surface area (Å²) in [6.07, 6.45) is 0. The van der Waals surface area contributed by atoms with Crippen LogP contribution >= 0.6 is 9.24 Å². The molecule has 0 aliphatic carbocycles. The molecule has 46 valence electrons. The van der Waals surface area contributed by atoms with Crippen molar-refractivity contribution in [2.24, 2.45) is 0 Å². The Hall–Kier alpha value is 0.312. The molecule has 1 unspecified atom stereocenters. The summed E-state index contributed by atoms with van der Waals surface area (Å²) < 4.78 is 0. The fraction of sp³-hybridized carbons (Fsp3) is 0. The van der Waals surface area contributed by atoms with Crippen molar-refractivity contribution in [3.05, 3.63) is 30.3 Å². The van der Waals surface area contributed by atoms with Gasteiger partial charge in [0.25, 0.3) is 0 Å². The monoisotopic (exact) mass is 216 g/mol. The Kier molecular flexibility index (Phi) is 4.38. The van der Waals surface area contributed by atoms with E-state index in [1.807, 2.05) is 30.3 Å². The van der Waals surface area contributed by atoms with E-state index in [1.54, 1.807) is 0 Å². The maximum atomic E-state index is 2.63. The molecule has 2 heteroatoms. The summed E-state index contributed by atoms with van der Waals surface area (Å²) in [7, 11) is 2.63. The van der Waals surface area contributed by atoms with Crippen molar-refractivity contribution in [1.29, 1.82) is 0 Å². The van der Waals surface area contributed by atoms with Gasteiger partial charge in [-0.15, -0.1) is 9.24 Å². The van der Waals surface area contributed by atoms with Crippen LogP contribution in [0.3, 0.4) is 0 Å². The molecule has 0 aliphatic rings. The van der Waals surface area contributed by atoms with Crippen LogP contribution in [0.1, 0.15) is 0 Å². The molecule has 8 heavy (non-hydrogen) atoms. The Morgan fingerprint density at radius 3 is 1.75 bits per heavy atom. The molecule has 0 spiro atoms. The van der Waals surface area contributed by atoms with Gasteiger partial charge in [0.15, 0.2) is 0 Å². The van der Waals surface area contributed by atoms with Crippen LogP contribution in [0.2, 0.25) is 0 Å².